The SMILES string of the molecule is Cc1cc(F)ccc1N1CCCC(NC(=O)Cc2cccc(C(F)(F)F)c2)C1. The molecule has 28 heavy (non-hydrogen) atoms. The summed E-state index contributed by atoms with van der Waals surface area (Å²) >= 11 is 0. The van der Waals surface area contributed by atoms with E-state index in [1.54, 1.807) is 6.07 Å². The number of nitrogens with zero attached hydrogens (tertiary/aromatic N) is 1. The van der Waals surface area contributed by atoms with Gasteiger partial charge < -0.3 is 10.2 Å². The Hall–Kier alpha value is -2.57. The minimum atomic E-state index is -4.43. The van der Waals surface area contributed by atoms with Crippen LogP contribution in [-0.2, 0) is 17.4 Å². The Labute approximate surface area is 161 Å². The maximum atomic E-state index is 13.3. The van der Waals surface area contributed by atoms with Crippen LogP contribution in [0.4, 0.5) is 23.2 Å². The third-order valence-electron chi connectivity index (χ3n) is 4.91. The lowest BCUT2D eigenvalue weighted by Gasteiger charge is -2.35. The molecular weight excluding hydrogens is 372 g/mol. The Morgan fingerprint density at radius 2 is 2.00 bits per heavy atom. The molecule has 2 aromatic rings. The predicted molar refractivity (Wildman–Crippen MR) is 99.7 cm³/mol. The van der Waals surface area contributed by atoms with Gasteiger partial charge in [-0.1, -0.05) is 18.2 Å². The van der Waals surface area contributed by atoms with Crippen LogP contribution in [0.5, 0.6) is 0 Å². The maximum absolute atomic E-state index is 13.3. The van der Waals surface area contributed by atoms with E-state index in [-0.39, 0.29) is 24.2 Å². The van der Waals surface area contributed by atoms with E-state index in [1.165, 1.54) is 24.3 Å². The lowest BCUT2D eigenvalue weighted by Crippen LogP contribution is -2.48. The standard InChI is InChI=1S/C21H22F4N2O/c1-14-10-17(22)7-8-19(14)27-9-3-6-18(13-27)26-20(28)12-15-4-2-5-16(11-15)21(23,24)25/h2,4-5,7-8,10-11,18H,3,6,9,12-13H2,1H3,(H,26,28). The molecule has 1 unspecified atom stereocenters. The molecule has 0 spiro atoms. The monoisotopic (exact) mass is 394 g/mol. The van der Waals surface area contributed by atoms with Gasteiger partial charge >= 0.3 is 6.18 Å². The highest BCUT2D eigenvalue weighted by Gasteiger charge is 2.30. The number of amides is 1. The molecule has 0 aliphatic carbocycles. The Balaban J connectivity index is 1.61. The first-order chi connectivity index (χ1) is 13.2. The van der Waals surface area contributed by atoms with E-state index >= 15 is 0 Å². The van der Waals surface area contributed by atoms with Crippen molar-refractivity contribution in [3.8, 4) is 0 Å². The topological polar surface area (TPSA) is 32.3 Å². The van der Waals surface area contributed by atoms with Gasteiger partial charge in [-0.05, 0) is 55.2 Å². The second kappa shape index (κ2) is 8.20. The van der Waals surface area contributed by atoms with Gasteiger partial charge in [0.25, 0.3) is 0 Å². The van der Waals surface area contributed by atoms with E-state index in [1.807, 2.05) is 6.92 Å². The van der Waals surface area contributed by atoms with Crippen molar-refractivity contribution in [3.05, 3.63) is 65.0 Å². The van der Waals surface area contributed by atoms with Gasteiger partial charge in [-0.25, -0.2) is 4.39 Å². The molecule has 2 aromatic carbocycles. The van der Waals surface area contributed by atoms with Crippen molar-refractivity contribution in [2.45, 2.75) is 38.4 Å². The number of alkyl halides is 3. The van der Waals surface area contributed by atoms with Crippen LogP contribution in [0.25, 0.3) is 0 Å². The Morgan fingerprint density at radius 3 is 2.71 bits per heavy atom. The number of rotatable bonds is 4. The van der Waals surface area contributed by atoms with Crippen molar-refractivity contribution in [3.63, 3.8) is 0 Å². The quantitative estimate of drug-likeness (QED) is 0.776. The Kier molecular flexibility index (Phi) is 5.91. The lowest BCUT2D eigenvalue weighted by atomic mass is 10.0. The molecule has 150 valence electrons. The fourth-order valence-electron chi connectivity index (χ4n) is 3.61. The summed E-state index contributed by atoms with van der Waals surface area (Å²) in [5.74, 6) is -0.591. The summed E-state index contributed by atoms with van der Waals surface area (Å²) in [4.78, 5) is 14.4. The molecule has 0 bridgehead atoms. The number of piperidine rings is 1. The lowest BCUT2D eigenvalue weighted by molar-refractivity contribution is -0.137. The minimum absolute atomic E-state index is 0.100. The van der Waals surface area contributed by atoms with Crippen LogP contribution in [-0.4, -0.2) is 25.0 Å². The van der Waals surface area contributed by atoms with Gasteiger partial charge in [0.1, 0.15) is 5.82 Å². The van der Waals surface area contributed by atoms with Crippen molar-refractivity contribution in [2.24, 2.45) is 0 Å². The normalized spacial score (nSPS) is 17.5. The van der Waals surface area contributed by atoms with Crippen LogP contribution in [0.2, 0.25) is 0 Å². The summed E-state index contributed by atoms with van der Waals surface area (Å²) in [6, 6.07) is 9.35. The van der Waals surface area contributed by atoms with E-state index in [4.69, 9.17) is 0 Å². The number of anilines is 1. The van der Waals surface area contributed by atoms with E-state index in [2.05, 4.69) is 10.2 Å². The molecule has 1 heterocycles. The van der Waals surface area contributed by atoms with Crippen LogP contribution in [0, 0.1) is 12.7 Å². The molecule has 0 radical (unpaired) electrons. The van der Waals surface area contributed by atoms with E-state index in [0.29, 0.717) is 12.1 Å². The summed E-state index contributed by atoms with van der Waals surface area (Å²) in [5, 5.41) is 2.92. The number of hydrogen-bond donors (Lipinski definition) is 1. The van der Waals surface area contributed by atoms with Crippen LogP contribution in [0.3, 0.4) is 0 Å². The highest BCUT2D eigenvalue weighted by molar-refractivity contribution is 5.79. The molecule has 1 aliphatic heterocycles. The average Bonchev–Trinajstić information content (AvgIpc) is 2.61. The van der Waals surface area contributed by atoms with Crippen molar-refractivity contribution in [2.75, 3.05) is 18.0 Å². The second-order valence-electron chi connectivity index (χ2n) is 7.16. The van der Waals surface area contributed by atoms with Crippen LogP contribution in [0.1, 0.15) is 29.5 Å². The summed E-state index contributed by atoms with van der Waals surface area (Å²) in [5.41, 5.74) is 1.33. The first-order valence-electron chi connectivity index (χ1n) is 9.19. The summed E-state index contributed by atoms with van der Waals surface area (Å²) in [6.45, 7) is 3.24. The molecule has 7 heteroatoms. The van der Waals surface area contributed by atoms with Gasteiger partial charge in [0.05, 0.1) is 12.0 Å². The van der Waals surface area contributed by atoms with Gasteiger partial charge in [-0.2, -0.15) is 13.2 Å². The van der Waals surface area contributed by atoms with Crippen LogP contribution < -0.4 is 10.2 Å². The zero-order valence-electron chi connectivity index (χ0n) is 15.5. The molecule has 1 N–H and O–H groups in total. The van der Waals surface area contributed by atoms with Crippen molar-refractivity contribution in [1.82, 2.24) is 5.32 Å². The van der Waals surface area contributed by atoms with Gasteiger partial charge in [0.2, 0.25) is 5.91 Å². The zero-order chi connectivity index (χ0) is 20.3. The number of carbonyl (C=O) groups is 1. The van der Waals surface area contributed by atoms with E-state index < -0.39 is 11.7 Å². The summed E-state index contributed by atoms with van der Waals surface area (Å²) in [7, 11) is 0. The zero-order valence-corrected chi connectivity index (χ0v) is 15.5. The first kappa shape index (κ1) is 20.2. The number of halogens is 4. The van der Waals surface area contributed by atoms with Gasteiger partial charge in [0, 0.05) is 24.8 Å². The number of nitrogens with one attached hydrogen (secondary N) is 1. The number of aryl methyl sites for hydroxylation is 1. The smallest absolute Gasteiger partial charge is 0.369 e. The fourth-order valence-corrected chi connectivity index (χ4v) is 3.61. The molecule has 3 nitrogen and oxygen atoms in total. The van der Waals surface area contributed by atoms with Crippen LogP contribution >= 0.6 is 0 Å². The minimum Gasteiger partial charge on any atom is -0.369 e. The molecule has 0 aromatic heterocycles. The second-order valence-corrected chi connectivity index (χ2v) is 7.16. The predicted octanol–water partition coefficient (Wildman–Crippen LogP) is 4.48. The molecule has 1 amide bonds. The molecule has 0 saturated carbocycles. The molecule has 1 aliphatic rings. The van der Waals surface area contributed by atoms with E-state index in [9.17, 15) is 22.4 Å². The Morgan fingerprint density at radius 1 is 1.21 bits per heavy atom. The van der Waals surface area contributed by atoms with Crippen molar-refractivity contribution < 1.29 is 22.4 Å². The largest absolute Gasteiger partial charge is 0.416 e. The maximum Gasteiger partial charge on any atom is 0.416 e. The molecule has 1 fully saturated rings. The van der Waals surface area contributed by atoms with Gasteiger partial charge in [0.15, 0.2) is 0 Å². The number of carbonyl (C=O) groups excluding carboxylic acids is 1. The van der Waals surface area contributed by atoms with Gasteiger partial charge in [-0.15, -0.1) is 0 Å². The van der Waals surface area contributed by atoms with Crippen LogP contribution in [0.15, 0.2) is 42.5 Å². The van der Waals surface area contributed by atoms with Crippen molar-refractivity contribution >= 4 is 11.6 Å². The summed E-state index contributed by atoms with van der Waals surface area (Å²) < 4.78 is 51.8. The highest BCUT2D eigenvalue weighted by atomic mass is 19.4. The first-order valence-corrected chi connectivity index (χ1v) is 9.19. The number of hydrogen-bond acceptors (Lipinski definition) is 2. The number of benzene rings is 2. The molecule has 1 atom stereocenters. The van der Waals surface area contributed by atoms with E-state index in [0.717, 1.165) is 42.8 Å². The molecule has 1 saturated heterocycles. The third-order valence-corrected chi connectivity index (χ3v) is 4.91. The summed E-state index contributed by atoms with van der Waals surface area (Å²) in [6.07, 6.45) is -2.87. The Bertz CT molecular complexity index is 851. The fraction of sp³-hybridized carbons (Fsp3) is 0.381. The third kappa shape index (κ3) is 5.03. The van der Waals surface area contributed by atoms with Gasteiger partial charge in [-0.3, -0.25) is 4.79 Å². The molecular formula is C21H22F4N2O. The van der Waals surface area contributed by atoms with Crippen molar-refractivity contribution in [1.29, 1.82) is 0 Å². The highest BCUT2D eigenvalue weighted by Crippen LogP contribution is 2.29. The molecule has 3 rings (SSSR count). The average molecular weight is 394 g/mol.